The summed E-state index contributed by atoms with van der Waals surface area (Å²) in [5, 5.41) is 0. The molecule has 0 amide bonds. The van der Waals surface area contributed by atoms with Crippen LogP contribution in [0, 0.1) is 0 Å². The van der Waals surface area contributed by atoms with E-state index in [1.807, 2.05) is 24.3 Å². The van der Waals surface area contributed by atoms with E-state index in [0.717, 1.165) is 11.3 Å². The SMILES string of the molecule is COc1ccccc1Cc1nc(N)nc(C(C)(C)C)n1. The molecular formula is C15H20N4O. The number of methoxy groups -OCH3 is 1. The quantitative estimate of drug-likeness (QED) is 0.928. The van der Waals surface area contributed by atoms with Crippen LogP contribution in [0.3, 0.4) is 0 Å². The summed E-state index contributed by atoms with van der Waals surface area (Å²) in [5.41, 5.74) is 6.65. The lowest BCUT2D eigenvalue weighted by Gasteiger charge is -2.17. The lowest BCUT2D eigenvalue weighted by molar-refractivity contribution is 0.410. The number of rotatable bonds is 3. The van der Waals surface area contributed by atoms with Crippen LogP contribution in [0.1, 0.15) is 38.0 Å². The average Bonchev–Trinajstić information content (AvgIpc) is 2.37. The van der Waals surface area contributed by atoms with Gasteiger partial charge in [0, 0.05) is 17.4 Å². The topological polar surface area (TPSA) is 73.9 Å². The number of nitrogens with zero attached hydrogens (tertiary/aromatic N) is 3. The van der Waals surface area contributed by atoms with Crippen LogP contribution in [-0.2, 0) is 11.8 Å². The number of benzene rings is 1. The van der Waals surface area contributed by atoms with E-state index in [0.29, 0.717) is 18.1 Å². The highest BCUT2D eigenvalue weighted by atomic mass is 16.5. The molecule has 0 saturated heterocycles. The van der Waals surface area contributed by atoms with Crippen LogP contribution in [-0.4, -0.2) is 22.1 Å². The maximum atomic E-state index is 5.79. The van der Waals surface area contributed by atoms with E-state index < -0.39 is 0 Å². The van der Waals surface area contributed by atoms with Gasteiger partial charge in [-0.1, -0.05) is 39.0 Å². The third-order valence-electron chi connectivity index (χ3n) is 2.91. The van der Waals surface area contributed by atoms with Crippen LogP contribution in [0.2, 0.25) is 0 Å². The van der Waals surface area contributed by atoms with Crippen molar-refractivity contribution < 1.29 is 4.74 Å². The molecule has 2 rings (SSSR count). The molecule has 1 aromatic carbocycles. The van der Waals surface area contributed by atoms with E-state index in [2.05, 4.69) is 35.7 Å². The summed E-state index contributed by atoms with van der Waals surface area (Å²) >= 11 is 0. The summed E-state index contributed by atoms with van der Waals surface area (Å²) < 4.78 is 5.34. The third kappa shape index (κ3) is 3.23. The van der Waals surface area contributed by atoms with Crippen LogP contribution >= 0.6 is 0 Å². The largest absolute Gasteiger partial charge is 0.496 e. The van der Waals surface area contributed by atoms with E-state index in [4.69, 9.17) is 10.5 Å². The van der Waals surface area contributed by atoms with E-state index in [-0.39, 0.29) is 11.4 Å². The van der Waals surface area contributed by atoms with Gasteiger partial charge in [-0.2, -0.15) is 9.97 Å². The zero-order valence-corrected chi connectivity index (χ0v) is 12.3. The predicted octanol–water partition coefficient (Wildman–Crippen LogP) is 2.35. The van der Waals surface area contributed by atoms with Crippen LogP contribution in [0.15, 0.2) is 24.3 Å². The van der Waals surface area contributed by atoms with Gasteiger partial charge in [0.15, 0.2) is 0 Å². The molecule has 1 heterocycles. The Bertz CT molecular complexity index is 605. The van der Waals surface area contributed by atoms with Gasteiger partial charge in [0.05, 0.1) is 7.11 Å². The molecule has 1 aromatic heterocycles. The Morgan fingerprint density at radius 3 is 2.45 bits per heavy atom. The highest BCUT2D eigenvalue weighted by molar-refractivity contribution is 5.35. The summed E-state index contributed by atoms with van der Waals surface area (Å²) in [4.78, 5) is 12.9. The maximum Gasteiger partial charge on any atom is 0.223 e. The Balaban J connectivity index is 2.36. The Morgan fingerprint density at radius 1 is 1.10 bits per heavy atom. The molecule has 2 aromatic rings. The van der Waals surface area contributed by atoms with E-state index in [1.165, 1.54) is 0 Å². The molecule has 0 spiro atoms. The number of aromatic nitrogens is 3. The third-order valence-corrected chi connectivity index (χ3v) is 2.91. The summed E-state index contributed by atoms with van der Waals surface area (Å²) in [6.45, 7) is 6.15. The Morgan fingerprint density at radius 2 is 1.80 bits per heavy atom. The Hall–Kier alpha value is -2.17. The predicted molar refractivity (Wildman–Crippen MR) is 78.7 cm³/mol. The van der Waals surface area contributed by atoms with Crippen LogP contribution < -0.4 is 10.5 Å². The molecule has 0 aliphatic carbocycles. The van der Waals surface area contributed by atoms with Crippen molar-refractivity contribution in [1.29, 1.82) is 0 Å². The van der Waals surface area contributed by atoms with Gasteiger partial charge in [0.1, 0.15) is 17.4 Å². The van der Waals surface area contributed by atoms with Gasteiger partial charge in [-0.15, -0.1) is 0 Å². The first-order valence-corrected chi connectivity index (χ1v) is 6.53. The lowest BCUT2D eigenvalue weighted by Crippen LogP contribution is -2.19. The molecule has 5 heteroatoms. The number of hydrogen-bond donors (Lipinski definition) is 1. The van der Waals surface area contributed by atoms with Crippen molar-refractivity contribution in [1.82, 2.24) is 15.0 Å². The first-order chi connectivity index (χ1) is 9.40. The van der Waals surface area contributed by atoms with Crippen molar-refractivity contribution >= 4 is 5.95 Å². The zero-order valence-electron chi connectivity index (χ0n) is 12.3. The van der Waals surface area contributed by atoms with Crippen LogP contribution in [0.4, 0.5) is 5.95 Å². The van der Waals surface area contributed by atoms with Gasteiger partial charge in [0.25, 0.3) is 0 Å². The fraction of sp³-hybridized carbons (Fsp3) is 0.400. The minimum atomic E-state index is -0.160. The normalized spacial score (nSPS) is 11.4. The van der Waals surface area contributed by atoms with Crippen molar-refractivity contribution in [2.75, 3.05) is 12.8 Å². The van der Waals surface area contributed by atoms with E-state index >= 15 is 0 Å². The molecule has 2 N–H and O–H groups in total. The van der Waals surface area contributed by atoms with Crippen molar-refractivity contribution in [3.05, 3.63) is 41.5 Å². The molecule has 106 valence electrons. The minimum absolute atomic E-state index is 0.160. The first-order valence-electron chi connectivity index (χ1n) is 6.53. The lowest BCUT2D eigenvalue weighted by atomic mass is 9.96. The van der Waals surface area contributed by atoms with Gasteiger partial charge in [-0.05, 0) is 6.07 Å². The first kappa shape index (κ1) is 14.2. The van der Waals surface area contributed by atoms with Crippen molar-refractivity contribution in [3.8, 4) is 5.75 Å². The van der Waals surface area contributed by atoms with Gasteiger partial charge < -0.3 is 10.5 Å². The molecule has 20 heavy (non-hydrogen) atoms. The summed E-state index contributed by atoms with van der Waals surface area (Å²) in [6.07, 6.45) is 0.569. The molecule has 0 bridgehead atoms. The molecule has 0 fully saturated rings. The fourth-order valence-corrected chi connectivity index (χ4v) is 1.87. The molecule has 0 aliphatic rings. The van der Waals surface area contributed by atoms with E-state index in [9.17, 15) is 0 Å². The number of ether oxygens (including phenoxy) is 1. The molecule has 0 unspecified atom stereocenters. The summed E-state index contributed by atoms with van der Waals surface area (Å²) in [6, 6.07) is 7.82. The minimum Gasteiger partial charge on any atom is -0.496 e. The van der Waals surface area contributed by atoms with Gasteiger partial charge in [-0.3, -0.25) is 0 Å². The van der Waals surface area contributed by atoms with E-state index in [1.54, 1.807) is 7.11 Å². The second kappa shape index (κ2) is 5.45. The molecule has 0 radical (unpaired) electrons. The highest BCUT2D eigenvalue weighted by Crippen LogP contribution is 2.22. The maximum absolute atomic E-state index is 5.79. The van der Waals surface area contributed by atoms with Crippen LogP contribution in [0.25, 0.3) is 0 Å². The standard InChI is InChI=1S/C15H20N4O/c1-15(2,3)13-17-12(18-14(16)19-13)9-10-7-5-6-8-11(10)20-4/h5-8H,9H2,1-4H3,(H2,16,17,18,19). The second-order valence-corrected chi connectivity index (χ2v) is 5.67. The van der Waals surface area contributed by atoms with Crippen molar-refractivity contribution in [2.45, 2.75) is 32.6 Å². The van der Waals surface area contributed by atoms with Crippen molar-refractivity contribution in [3.63, 3.8) is 0 Å². The smallest absolute Gasteiger partial charge is 0.223 e. The monoisotopic (exact) mass is 272 g/mol. The number of anilines is 1. The molecular weight excluding hydrogens is 252 g/mol. The second-order valence-electron chi connectivity index (χ2n) is 5.67. The van der Waals surface area contributed by atoms with Crippen molar-refractivity contribution in [2.24, 2.45) is 0 Å². The van der Waals surface area contributed by atoms with Gasteiger partial charge in [0.2, 0.25) is 5.95 Å². The zero-order chi connectivity index (χ0) is 14.8. The Kier molecular flexibility index (Phi) is 3.88. The molecule has 5 nitrogen and oxygen atoms in total. The number of hydrogen-bond acceptors (Lipinski definition) is 5. The average molecular weight is 272 g/mol. The fourth-order valence-electron chi connectivity index (χ4n) is 1.87. The summed E-state index contributed by atoms with van der Waals surface area (Å²) in [5.74, 6) is 2.44. The number of nitrogens with two attached hydrogens (primary N) is 1. The molecule has 0 saturated carbocycles. The molecule has 0 aliphatic heterocycles. The highest BCUT2D eigenvalue weighted by Gasteiger charge is 2.19. The number of para-hydroxylation sites is 1. The van der Waals surface area contributed by atoms with Gasteiger partial charge in [-0.25, -0.2) is 4.98 Å². The Labute approximate surface area is 119 Å². The molecule has 0 atom stereocenters. The summed E-state index contributed by atoms with van der Waals surface area (Å²) in [7, 11) is 1.65. The van der Waals surface area contributed by atoms with Crippen LogP contribution in [0.5, 0.6) is 5.75 Å². The van der Waals surface area contributed by atoms with Gasteiger partial charge >= 0.3 is 0 Å². The number of nitrogen functional groups attached to an aromatic ring is 1.